The molecule has 3 heterocycles. The topological polar surface area (TPSA) is 124 Å². The van der Waals surface area contributed by atoms with E-state index < -0.39 is 0 Å². The summed E-state index contributed by atoms with van der Waals surface area (Å²) in [5.41, 5.74) is 1.84. The minimum absolute atomic E-state index is 0.0399. The van der Waals surface area contributed by atoms with Gasteiger partial charge < -0.3 is 25.2 Å². The number of hydrogen-bond acceptors (Lipinski definition) is 9. The van der Waals surface area contributed by atoms with Crippen molar-refractivity contribution in [3.63, 3.8) is 0 Å². The van der Waals surface area contributed by atoms with Crippen LogP contribution in [0.25, 0.3) is 0 Å². The van der Waals surface area contributed by atoms with E-state index in [4.69, 9.17) is 4.74 Å². The van der Waals surface area contributed by atoms with E-state index in [-0.39, 0.29) is 11.9 Å². The molecule has 3 N–H and O–H groups in total. The van der Waals surface area contributed by atoms with E-state index >= 15 is 0 Å². The second-order valence-electron chi connectivity index (χ2n) is 8.67. The number of H-pyrrole nitrogens is 1. The number of likely N-dealkylation sites (N-methyl/N-ethyl adjacent to an activating group) is 1. The molecule has 34 heavy (non-hydrogen) atoms. The zero-order valence-corrected chi connectivity index (χ0v) is 19.4. The summed E-state index contributed by atoms with van der Waals surface area (Å²) in [6, 6.07) is 9.30. The van der Waals surface area contributed by atoms with Crippen molar-refractivity contribution >= 4 is 29.3 Å². The van der Waals surface area contributed by atoms with Gasteiger partial charge in [-0.1, -0.05) is 6.92 Å². The SMILES string of the molecule is CCC(=O)Nc1ccc(Oc2nc(Nc3cc(C4CC4)[nH]n3)nc(N3CCN(C)CC3)n2)cc1. The van der Waals surface area contributed by atoms with E-state index in [0.717, 1.165) is 31.9 Å². The fourth-order valence-corrected chi connectivity index (χ4v) is 3.68. The standard InChI is InChI=1S/C23H29N9O2/c1-3-20(33)24-16-6-8-17(9-7-16)34-23-27-21(25-19-14-18(29-30-19)15-4-5-15)26-22(28-23)32-12-10-31(2)11-13-32/h6-9,14-15H,3-5,10-13H2,1-2H3,(H,24,33)(H2,25,26,27,28,29,30). The lowest BCUT2D eigenvalue weighted by Gasteiger charge is -2.32. The molecule has 0 bridgehead atoms. The van der Waals surface area contributed by atoms with Crippen molar-refractivity contribution < 1.29 is 9.53 Å². The molecule has 1 aliphatic heterocycles. The van der Waals surface area contributed by atoms with Crippen LogP contribution in [-0.4, -0.2) is 69.2 Å². The molecule has 3 aromatic rings. The van der Waals surface area contributed by atoms with E-state index in [9.17, 15) is 4.79 Å². The monoisotopic (exact) mass is 463 g/mol. The maximum atomic E-state index is 11.6. The number of aromatic amines is 1. The quantitative estimate of drug-likeness (QED) is 0.462. The average molecular weight is 464 g/mol. The number of anilines is 4. The van der Waals surface area contributed by atoms with Gasteiger partial charge in [0.15, 0.2) is 5.82 Å². The summed E-state index contributed by atoms with van der Waals surface area (Å²) in [4.78, 5) is 29.7. The first-order valence-corrected chi connectivity index (χ1v) is 11.7. The lowest BCUT2D eigenvalue weighted by Crippen LogP contribution is -2.45. The number of aromatic nitrogens is 5. The van der Waals surface area contributed by atoms with Gasteiger partial charge in [0.25, 0.3) is 0 Å². The van der Waals surface area contributed by atoms with Crippen LogP contribution >= 0.6 is 0 Å². The number of hydrogen-bond donors (Lipinski definition) is 3. The smallest absolute Gasteiger partial charge is 0.328 e. The fourth-order valence-electron chi connectivity index (χ4n) is 3.68. The molecule has 2 fully saturated rings. The molecule has 1 amide bonds. The number of piperazine rings is 1. The van der Waals surface area contributed by atoms with Crippen molar-refractivity contribution in [3.8, 4) is 11.8 Å². The number of benzene rings is 1. The highest BCUT2D eigenvalue weighted by atomic mass is 16.5. The molecule has 1 aliphatic carbocycles. The highest BCUT2D eigenvalue weighted by Crippen LogP contribution is 2.39. The Morgan fingerprint density at radius 3 is 2.59 bits per heavy atom. The van der Waals surface area contributed by atoms with Crippen LogP contribution in [0, 0.1) is 0 Å². The first-order chi connectivity index (χ1) is 16.6. The number of nitrogens with zero attached hydrogens (tertiary/aromatic N) is 6. The average Bonchev–Trinajstić information content (AvgIpc) is 3.59. The molecule has 0 atom stereocenters. The molecule has 0 unspecified atom stereocenters. The summed E-state index contributed by atoms with van der Waals surface area (Å²) in [5.74, 6) is 2.70. The van der Waals surface area contributed by atoms with Crippen molar-refractivity contribution in [1.82, 2.24) is 30.0 Å². The summed E-state index contributed by atoms with van der Waals surface area (Å²) in [6.45, 7) is 5.31. The molecule has 2 aliphatic rings. The Balaban J connectivity index is 1.36. The summed E-state index contributed by atoms with van der Waals surface area (Å²) in [7, 11) is 2.11. The highest BCUT2D eigenvalue weighted by molar-refractivity contribution is 5.90. The van der Waals surface area contributed by atoms with Crippen LogP contribution < -0.4 is 20.3 Å². The van der Waals surface area contributed by atoms with Gasteiger partial charge in [-0.15, -0.1) is 0 Å². The van der Waals surface area contributed by atoms with Crippen molar-refractivity contribution in [2.75, 3.05) is 48.8 Å². The van der Waals surface area contributed by atoms with E-state index in [2.05, 4.69) is 52.6 Å². The number of carbonyl (C=O) groups excluding carboxylic acids is 1. The van der Waals surface area contributed by atoms with E-state index in [1.165, 1.54) is 12.8 Å². The normalized spacial score (nSPS) is 16.4. The van der Waals surface area contributed by atoms with Gasteiger partial charge in [0.1, 0.15) is 5.75 Å². The maximum absolute atomic E-state index is 11.6. The van der Waals surface area contributed by atoms with Crippen molar-refractivity contribution in [2.45, 2.75) is 32.1 Å². The summed E-state index contributed by atoms with van der Waals surface area (Å²) in [5, 5.41) is 13.4. The van der Waals surface area contributed by atoms with Crippen LogP contribution in [0.1, 0.15) is 37.8 Å². The molecule has 178 valence electrons. The van der Waals surface area contributed by atoms with Crippen LogP contribution in [-0.2, 0) is 4.79 Å². The van der Waals surface area contributed by atoms with Gasteiger partial charge in [-0.3, -0.25) is 9.89 Å². The molecule has 11 heteroatoms. The zero-order valence-electron chi connectivity index (χ0n) is 19.4. The van der Waals surface area contributed by atoms with Gasteiger partial charge in [-0.05, 0) is 44.2 Å². The van der Waals surface area contributed by atoms with Crippen LogP contribution in [0.2, 0.25) is 0 Å². The fraction of sp³-hybridized carbons (Fsp3) is 0.435. The Hall–Kier alpha value is -3.73. The lowest BCUT2D eigenvalue weighted by molar-refractivity contribution is -0.115. The first kappa shape index (κ1) is 22.1. The third kappa shape index (κ3) is 5.42. The molecule has 1 aromatic carbocycles. The van der Waals surface area contributed by atoms with Crippen molar-refractivity contribution in [2.24, 2.45) is 0 Å². The molecule has 0 spiro atoms. The van der Waals surface area contributed by atoms with Crippen LogP contribution in [0.4, 0.5) is 23.4 Å². The third-order valence-electron chi connectivity index (χ3n) is 5.91. The first-order valence-electron chi connectivity index (χ1n) is 11.7. The van der Waals surface area contributed by atoms with Crippen LogP contribution in [0.15, 0.2) is 30.3 Å². The highest BCUT2D eigenvalue weighted by Gasteiger charge is 2.26. The summed E-state index contributed by atoms with van der Waals surface area (Å²) >= 11 is 0. The summed E-state index contributed by atoms with van der Waals surface area (Å²) < 4.78 is 5.97. The molecule has 2 aromatic heterocycles. The maximum Gasteiger partial charge on any atom is 0.328 e. The van der Waals surface area contributed by atoms with Crippen molar-refractivity contribution in [3.05, 3.63) is 36.0 Å². The molecule has 1 saturated carbocycles. The molecule has 11 nitrogen and oxygen atoms in total. The van der Waals surface area contributed by atoms with Crippen LogP contribution in [0.3, 0.4) is 0 Å². The van der Waals surface area contributed by atoms with E-state index in [0.29, 0.717) is 41.5 Å². The molecule has 0 radical (unpaired) electrons. The van der Waals surface area contributed by atoms with Crippen LogP contribution in [0.5, 0.6) is 11.8 Å². The molecule has 1 saturated heterocycles. The second kappa shape index (κ2) is 9.64. The Bertz CT molecular complexity index is 1140. The Morgan fingerprint density at radius 2 is 1.88 bits per heavy atom. The predicted molar refractivity (Wildman–Crippen MR) is 129 cm³/mol. The van der Waals surface area contributed by atoms with Crippen molar-refractivity contribution in [1.29, 1.82) is 0 Å². The zero-order chi connectivity index (χ0) is 23.5. The second-order valence-corrected chi connectivity index (χ2v) is 8.67. The number of ether oxygens (including phenoxy) is 1. The van der Waals surface area contributed by atoms with Gasteiger partial charge in [-0.2, -0.15) is 20.1 Å². The Kier molecular flexibility index (Phi) is 6.26. The molecular weight excluding hydrogens is 434 g/mol. The number of rotatable bonds is 8. The number of amides is 1. The Labute approximate surface area is 197 Å². The number of carbonyl (C=O) groups is 1. The molecular formula is C23H29N9O2. The van der Waals surface area contributed by atoms with Gasteiger partial charge in [0.2, 0.25) is 17.8 Å². The largest absolute Gasteiger partial charge is 0.424 e. The van der Waals surface area contributed by atoms with Gasteiger partial charge in [0.05, 0.1) is 0 Å². The van der Waals surface area contributed by atoms with E-state index in [1.807, 2.05) is 13.0 Å². The van der Waals surface area contributed by atoms with Gasteiger partial charge in [0, 0.05) is 56.0 Å². The van der Waals surface area contributed by atoms with Gasteiger partial charge >= 0.3 is 6.01 Å². The molecule has 5 rings (SSSR count). The minimum Gasteiger partial charge on any atom is -0.424 e. The summed E-state index contributed by atoms with van der Waals surface area (Å²) in [6.07, 6.45) is 2.81. The number of nitrogens with one attached hydrogen (secondary N) is 3. The van der Waals surface area contributed by atoms with Gasteiger partial charge in [-0.25, -0.2) is 0 Å². The Morgan fingerprint density at radius 1 is 1.12 bits per heavy atom. The minimum atomic E-state index is -0.0399. The van der Waals surface area contributed by atoms with E-state index in [1.54, 1.807) is 24.3 Å². The third-order valence-corrected chi connectivity index (χ3v) is 5.91. The lowest BCUT2D eigenvalue weighted by atomic mass is 10.3. The predicted octanol–water partition coefficient (Wildman–Crippen LogP) is 3.11.